The highest BCUT2D eigenvalue weighted by atomic mass is 32.1. The average molecular weight is 348 g/mol. The van der Waals surface area contributed by atoms with Crippen molar-refractivity contribution in [2.24, 2.45) is 0 Å². The summed E-state index contributed by atoms with van der Waals surface area (Å²) in [5, 5.41) is 12.8. The molecular weight excluding hydrogens is 331 g/mol. The number of amides is 2. The van der Waals surface area contributed by atoms with Gasteiger partial charge >= 0.3 is 0 Å². The van der Waals surface area contributed by atoms with Gasteiger partial charge in [0.2, 0.25) is 0 Å². The maximum absolute atomic E-state index is 13.2. The first-order valence-corrected chi connectivity index (χ1v) is 8.40. The number of nitrogens with zero attached hydrogens (tertiary/aromatic N) is 1. The van der Waals surface area contributed by atoms with Crippen molar-refractivity contribution in [3.8, 4) is 0 Å². The molecule has 2 N–H and O–H groups in total. The Morgan fingerprint density at radius 3 is 2.83 bits per heavy atom. The molecule has 24 heavy (non-hydrogen) atoms. The normalized spacial score (nSPS) is 17.1. The molecule has 0 unspecified atom stereocenters. The van der Waals surface area contributed by atoms with Crippen LogP contribution >= 0.6 is 11.3 Å². The zero-order valence-corrected chi connectivity index (χ0v) is 13.9. The Balaban J connectivity index is 1.74. The van der Waals surface area contributed by atoms with E-state index in [0.29, 0.717) is 29.4 Å². The van der Waals surface area contributed by atoms with E-state index in [1.807, 2.05) is 0 Å². The van der Waals surface area contributed by atoms with E-state index < -0.39 is 17.8 Å². The van der Waals surface area contributed by atoms with E-state index in [1.54, 1.807) is 17.9 Å². The van der Waals surface area contributed by atoms with Crippen LogP contribution in [0.15, 0.2) is 30.3 Å². The minimum atomic E-state index is -0.478. The number of carbonyl (C=O) groups excluding carboxylic acids is 2. The lowest BCUT2D eigenvalue weighted by atomic mass is 10.2. The number of hydrogen-bond acceptors (Lipinski definition) is 4. The Labute approximate surface area is 142 Å². The number of aryl methyl sites for hydroxylation is 1. The molecule has 1 fully saturated rings. The van der Waals surface area contributed by atoms with E-state index in [4.69, 9.17) is 0 Å². The standard InChI is InChI=1S/C17H17FN2O3S/c1-10-7-14(19-16(22)11-3-2-4-12(18)8-11)24-15(10)17(23)20-6-5-13(21)9-20/h2-4,7-8,13,21H,5-6,9H2,1H3,(H,19,22)/t13-/m1/s1. The number of rotatable bonds is 3. The zero-order valence-electron chi connectivity index (χ0n) is 13.1. The number of benzene rings is 1. The molecule has 126 valence electrons. The Morgan fingerprint density at radius 1 is 1.38 bits per heavy atom. The van der Waals surface area contributed by atoms with Gasteiger partial charge < -0.3 is 15.3 Å². The van der Waals surface area contributed by atoms with Crippen LogP contribution in [0.25, 0.3) is 0 Å². The Hall–Kier alpha value is -2.25. The lowest BCUT2D eigenvalue weighted by Crippen LogP contribution is -2.29. The molecule has 1 aliphatic heterocycles. The SMILES string of the molecule is Cc1cc(NC(=O)c2cccc(F)c2)sc1C(=O)N1CC[C@@H](O)C1. The summed E-state index contributed by atoms with van der Waals surface area (Å²) in [6.45, 7) is 2.66. The fraction of sp³-hybridized carbons (Fsp3) is 0.294. The van der Waals surface area contributed by atoms with Crippen molar-refractivity contribution in [2.45, 2.75) is 19.4 Å². The number of halogens is 1. The predicted molar refractivity (Wildman–Crippen MR) is 89.9 cm³/mol. The molecule has 0 radical (unpaired) electrons. The molecule has 1 saturated heterocycles. The van der Waals surface area contributed by atoms with Gasteiger partial charge in [0, 0.05) is 18.7 Å². The number of β-amino-alcohol motifs (C(OH)–C–C–N with tert-alkyl or cyclic N) is 1. The van der Waals surface area contributed by atoms with Gasteiger partial charge in [-0.3, -0.25) is 9.59 Å². The first kappa shape index (κ1) is 16.6. The number of carbonyl (C=O) groups is 2. The summed E-state index contributed by atoms with van der Waals surface area (Å²) in [5.74, 6) is -1.04. The van der Waals surface area contributed by atoms with Gasteiger partial charge in [-0.15, -0.1) is 11.3 Å². The monoisotopic (exact) mass is 348 g/mol. The van der Waals surface area contributed by atoms with Gasteiger partial charge in [-0.25, -0.2) is 4.39 Å². The lowest BCUT2D eigenvalue weighted by molar-refractivity contribution is 0.0769. The summed E-state index contributed by atoms with van der Waals surface area (Å²) in [6.07, 6.45) is 0.112. The highest BCUT2D eigenvalue weighted by Gasteiger charge is 2.27. The fourth-order valence-electron chi connectivity index (χ4n) is 2.64. The number of thiophene rings is 1. The molecule has 1 aromatic heterocycles. The largest absolute Gasteiger partial charge is 0.391 e. The van der Waals surface area contributed by atoms with Gasteiger partial charge in [0.1, 0.15) is 5.82 Å². The number of anilines is 1. The highest BCUT2D eigenvalue weighted by molar-refractivity contribution is 7.18. The number of nitrogens with one attached hydrogen (secondary N) is 1. The van der Waals surface area contributed by atoms with Gasteiger partial charge in [0.15, 0.2) is 0 Å². The van der Waals surface area contributed by atoms with Crippen molar-refractivity contribution in [3.63, 3.8) is 0 Å². The molecule has 2 heterocycles. The fourth-order valence-corrected chi connectivity index (χ4v) is 3.68. The van der Waals surface area contributed by atoms with Crippen LogP contribution in [0.1, 0.15) is 32.0 Å². The van der Waals surface area contributed by atoms with Crippen LogP contribution < -0.4 is 5.32 Å². The third-order valence-corrected chi connectivity index (χ3v) is 5.03. The number of hydrogen-bond donors (Lipinski definition) is 2. The Morgan fingerprint density at radius 2 is 2.17 bits per heavy atom. The maximum atomic E-state index is 13.2. The number of aliphatic hydroxyl groups is 1. The lowest BCUT2D eigenvalue weighted by Gasteiger charge is -2.14. The molecule has 3 rings (SSSR count). The van der Waals surface area contributed by atoms with Gasteiger partial charge in [-0.2, -0.15) is 0 Å². The summed E-state index contributed by atoms with van der Waals surface area (Å²) in [4.78, 5) is 26.8. The van der Waals surface area contributed by atoms with Crippen LogP contribution in [-0.2, 0) is 0 Å². The molecule has 0 bridgehead atoms. The summed E-state index contributed by atoms with van der Waals surface area (Å²) < 4.78 is 13.2. The minimum absolute atomic E-state index is 0.139. The molecule has 1 atom stereocenters. The summed E-state index contributed by atoms with van der Waals surface area (Å²) >= 11 is 1.18. The van der Waals surface area contributed by atoms with Gasteiger partial charge in [-0.05, 0) is 43.2 Å². The van der Waals surface area contributed by atoms with Crippen LogP contribution in [0, 0.1) is 12.7 Å². The number of likely N-dealkylation sites (tertiary alicyclic amines) is 1. The first-order chi connectivity index (χ1) is 11.4. The van der Waals surface area contributed by atoms with Crippen molar-refractivity contribution < 1.29 is 19.1 Å². The molecule has 0 spiro atoms. The van der Waals surface area contributed by atoms with E-state index in [1.165, 1.54) is 29.5 Å². The Bertz CT molecular complexity index is 790. The van der Waals surface area contributed by atoms with Crippen LogP contribution in [-0.4, -0.2) is 41.0 Å². The smallest absolute Gasteiger partial charge is 0.264 e. The van der Waals surface area contributed by atoms with Gasteiger partial charge in [0.25, 0.3) is 11.8 Å². The van der Waals surface area contributed by atoms with Crippen LogP contribution in [0.3, 0.4) is 0 Å². The molecule has 2 amide bonds. The summed E-state index contributed by atoms with van der Waals surface area (Å²) in [7, 11) is 0. The maximum Gasteiger partial charge on any atom is 0.264 e. The van der Waals surface area contributed by atoms with E-state index in [2.05, 4.69) is 5.32 Å². The van der Waals surface area contributed by atoms with Crippen LogP contribution in [0.5, 0.6) is 0 Å². The third kappa shape index (κ3) is 3.47. The molecule has 5 nitrogen and oxygen atoms in total. The van der Waals surface area contributed by atoms with Crippen LogP contribution in [0.2, 0.25) is 0 Å². The first-order valence-electron chi connectivity index (χ1n) is 7.58. The van der Waals surface area contributed by atoms with Crippen molar-refractivity contribution in [2.75, 3.05) is 18.4 Å². The van der Waals surface area contributed by atoms with Crippen molar-refractivity contribution in [3.05, 3.63) is 52.2 Å². The molecule has 0 aliphatic carbocycles. The molecular formula is C17H17FN2O3S. The van der Waals surface area contributed by atoms with E-state index >= 15 is 0 Å². The second-order valence-corrected chi connectivity index (χ2v) is 6.83. The van der Waals surface area contributed by atoms with Crippen molar-refractivity contribution in [1.29, 1.82) is 0 Å². The molecule has 1 aromatic carbocycles. The highest BCUT2D eigenvalue weighted by Crippen LogP contribution is 2.29. The zero-order chi connectivity index (χ0) is 17.3. The second-order valence-electron chi connectivity index (χ2n) is 5.78. The second kappa shape index (κ2) is 6.70. The van der Waals surface area contributed by atoms with Crippen LogP contribution in [0.4, 0.5) is 9.39 Å². The van der Waals surface area contributed by atoms with E-state index in [-0.39, 0.29) is 11.5 Å². The van der Waals surface area contributed by atoms with Crippen molar-refractivity contribution >= 4 is 28.2 Å². The number of aliphatic hydroxyl groups excluding tert-OH is 1. The van der Waals surface area contributed by atoms with Crippen molar-refractivity contribution in [1.82, 2.24) is 4.90 Å². The molecule has 1 aliphatic rings. The van der Waals surface area contributed by atoms with Gasteiger partial charge in [-0.1, -0.05) is 6.07 Å². The third-order valence-electron chi connectivity index (χ3n) is 3.89. The predicted octanol–water partition coefficient (Wildman–Crippen LogP) is 2.65. The quantitative estimate of drug-likeness (QED) is 0.896. The van der Waals surface area contributed by atoms with Gasteiger partial charge in [0.05, 0.1) is 16.0 Å². The topological polar surface area (TPSA) is 69.6 Å². The summed E-state index contributed by atoms with van der Waals surface area (Å²) in [5.41, 5.74) is 0.984. The summed E-state index contributed by atoms with van der Waals surface area (Å²) in [6, 6.07) is 7.15. The molecule has 2 aromatic rings. The Kier molecular flexibility index (Phi) is 4.64. The minimum Gasteiger partial charge on any atom is -0.391 e. The van der Waals surface area contributed by atoms with E-state index in [9.17, 15) is 19.1 Å². The van der Waals surface area contributed by atoms with E-state index in [0.717, 1.165) is 11.6 Å². The molecule has 0 saturated carbocycles. The average Bonchev–Trinajstić information content (AvgIpc) is 3.12. The molecule has 7 heteroatoms.